The number of sulfone groups is 1. The van der Waals surface area contributed by atoms with E-state index < -0.39 is 9.84 Å². The van der Waals surface area contributed by atoms with Gasteiger partial charge in [0.2, 0.25) is 9.84 Å². The lowest BCUT2D eigenvalue weighted by atomic mass is 9.90. The van der Waals surface area contributed by atoms with E-state index in [1.165, 1.54) is 6.07 Å². The van der Waals surface area contributed by atoms with E-state index in [9.17, 15) is 8.42 Å². The predicted octanol–water partition coefficient (Wildman–Crippen LogP) is 2.13. The Morgan fingerprint density at radius 2 is 1.65 bits per heavy atom. The van der Waals surface area contributed by atoms with Gasteiger partial charge in [-0.25, -0.2) is 8.42 Å². The van der Waals surface area contributed by atoms with Gasteiger partial charge in [-0.2, -0.15) is 0 Å². The second kappa shape index (κ2) is 5.89. The highest BCUT2D eigenvalue weighted by molar-refractivity contribution is 7.91. The topological polar surface area (TPSA) is 73.9 Å². The van der Waals surface area contributed by atoms with Crippen LogP contribution in [0.15, 0.2) is 46.2 Å². The van der Waals surface area contributed by atoms with Gasteiger partial charge in [-0.1, -0.05) is 6.07 Å². The Balaban J connectivity index is 1.52. The van der Waals surface area contributed by atoms with E-state index in [0.29, 0.717) is 36.4 Å². The quantitative estimate of drug-likeness (QED) is 0.869. The van der Waals surface area contributed by atoms with Gasteiger partial charge in [0.15, 0.2) is 11.5 Å². The van der Waals surface area contributed by atoms with Crippen LogP contribution < -0.4 is 19.5 Å². The van der Waals surface area contributed by atoms with E-state index in [-0.39, 0.29) is 15.9 Å². The summed E-state index contributed by atoms with van der Waals surface area (Å²) in [7, 11) is -3.66. The van der Waals surface area contributed by atoms with E-state index in [1.54, 1.807) is 24.3 Å². The Kier molecular flexibility index (Phi) is 3.62. The van der Waals surface area contributed by atoms with E-state index in [0.717, 1.165) is 25.1 Å². The number of ether oxygens (including phenoxy) is 3. The van der Waals surface area contributed by atoms with Crippen molar-refractivity contribution in [3.05, 3.63) is 42.0 Å². The molecule has 3 heterocycles. The maximum absolute atomic E-state index is 13.1. The number of rotatable bonds is 2. The normalized spacial score (nSPS) is 23.7. The molecule has 1 fully saturated rings. The Bertz CT molecular complexity index is 972. The number of nitrogens with one attached hydrogen (secondary N) is 1. The van der Waals surface area contributed by atoms with Crippen molar-refractivity contribution in [1.82, 2.24) is 5.32 Å². The van der Waals surface area contributed by atoms with Crippen LogP contribution in [0.4, 0.5) is 0 Å². The molecule has 0 spiro atoms. The number of hydrogen-bond donors (Lipinski definition) is 1. The van der Waals surface area contributed by atoms with Gasteiger partial charge < -0.3 is 19.5 Å². The third-order valence-corrected chi connectivity index (χ3v) is 6.97. The molecule has 5 rings (SSSR count). The molecule has 0 aromatic heterocycles. The first-order valence-corrected chi connectivity index (χ1v) is 10.3. The minimum atomic E-state index is -3.66. The lowest BCUT2D eigenvalue weighted by molar-refractivity contribution is 0.171. The van der Waals surface area contributed by atoms with Crippen molar-refractivity contribution in [2.75, 3.05) is 26.3 Å². The molecule has 3 aliphatic rings. The summed E-state index contributed by atoms with van der Waals surface area (Å²) in [6, 6.07) is 9.96. The molecule has 0 amide bonds. The van der Waals surface area contributed by atoms with Crippen LogP contribution in [0, 0.1) is 0 Å². The van der Waals surface area contributed by atoms with Crippen LogP contribution in [0.3, 0.4) is 0 Å². The third kappa shape index (κ3) is 2.46. The zero-order valence-electron chi connectivity index (χ0n) is 14.1. The molecule has 2 unspecified atom stereocenters. The molecule has 2 aromatic carbocycles. The van der Waals surface area contributed by atoms with Crippen molar-refractivity contribution in [2.24, 2.45) is 0 Å². The molecule has 0 saturated carbocycles. The molecule has 2 aromatic rings. The summed E-state index contributed by atoms with van der Waals surface area (Å²) in [4.78, 5) is 0.429. The van der Waals surface area contributed by atoms with Crippen LogP contribution in [-0.2, 0) is 9.84 Å². The van der Waals surface area contributed by atoms with E-state index in [2.05, 4.69) is 5.32 Å². The summed E-state index contributed by atoms with van der Waals surface area (Å²) in [6.07, 6.45) is 1.09. The number of hydrogen-bond acceptors (Lipinski definition) is 6. The fourth-order valence-electron chi connectivity index (χ4n) is 3.89. The van der Waals surface area contributed by atoms with Crippen molar-refractivity contribution in [1.29, 1.82) is 0 Å². The number of fused-ring (bicyclic) bond motifs is 4. The minimum absolute atomic E-state index is 0.0889. The zero-order valence-corrected chi connectivity index (χ0v) is 14.9. The fourth-order valence-corrected chi connectivity index (χ4v) is 5.18. The second-order valence-corrected chi connectivity index (χ2v) is 8.71. The van der Waals surface area contributed by atoms with Gasteiger partial charge in [0.1, 0.15) is 25.1 Å². The molecule has 26 heavy (non-hydrogen) atoms. The standard InChI is InChI=1S/C19H19NO5S/c21-26(22,13-2-4-16-18(10-13)24-8-7-23-16)12-1-3-14-15-5-6-20-11-19(15)25-17(14)9-12/h1-4,9-10,15,19-20H,5-8,11H2. The van der Waals surface area contributed by atoms with Crippen LogP contribution in [0.5, 0.6) is 17.2 Å². The number of benzene rings is 2. The largest absolute Gasteiger partial charge is 0.488 e. The molecule has 136 valence electrons. The van der Waals surface area contributed by atoms with Crippen LogP contribution >= 0.6 is 0 Å². The first-order valence-electron chi connectivity index (χ1n) is 8.79. The van der Waals surface area contributed by atoms with Gasteiger partial charge in [-0.3, -0.25) is 0 Å². The van der Waals surface area contributed by atoms with E-state index in [4.69, 9.17) is 14.2 Å². The van der Waals surface area contributed by atoms with Crippen molar-refractivity contribution in [2.45, 2.75) is 28.2 Å². The first-order chi connectivity index (χ1) is 12.6. The first kappa shape index (κ1) is 16.0. The summed E-state index contributed by atoms with van der Waals surface area (Å²) >= 11 is 0. The van der Waals surface area contributed by atoms with Gasteiger partial charge in [0.25, 0.3) is 0 Å². The molecular weight excluding hydrogens is 354 g/mol. The summed E-state index contributed by atoms with van der Waals surface area (Å²) < 4.78 is 43.1. The Labute approximate surface area is 152 Å². The highest BCUT2D eigenvalue weighted by Crippen LogP contribution is 2.43. The van der Waals surface area contributed by atoms with Crippen LogP contribution in [0.25, 0.3) is 0 Å². The van der Waals surface area contributed by atoms with Crippen molar-refractivity contribution in [3.8, 4) is 17.2 Å². The minimum Gasteiger partial charge on any atom is -0.488 e. The summed E-state index contributed by atoms with van der Waals surface area (Å²) in [5.41, 5.74) is 1.11. The van der Waals surface area contributed by atoms with Gasteiger partial charge in [-0.15, -0.1) is 0 Å². The molecule has 1 saturated heterocycles. The van der Waals surface area contributed by atoms with E-state index in [1.807, 2.05) is 6.07 Å². The molecule has 0 radical (unpaired) electrons. The maximum atomic E-state index is 13.1. The summed E-state index contributed by atoms with van der Waals surface area (Å²) in [5, 5.41) is 3.32. The lowest BCUT2D eigenvalue weighted by Gasteiger charge is -2.24. The number of piperidine rings is 1. The molecule has 2 atom stereocenters. The highest BCUT2D eigenvalue weighted by Gasteiger charge is 2.37. The van der Waals surface area contributed by atoms with Crippen LogP contribution in [0.1, 0.15) is 17.9 Å². The average Bonchev–Trinajstić information content (AvgIpc) is 3.05. The van der Waals surface area contributed by atoms with Crippen molar-refractivity contribution < 1.29 is 22.6 Å². The van der Waals surface area contributed by atoms with Crippen LogP contribution in [-0.4, -0.2) is 40.8 Å². The Morgan fingerprint density at radius 3 is 2.50 bits per heavy atom. The second-order valence-electron chi connectivity index (χ2n) is 6.76. The van der Waals surface area contributed by atoms with E-state index >= 15 is 0 Å². The Hall–Kier alpha value is -2.25. The lowest BCUT2D eigenvalue weighted by Crippen LogP contribution is -2.39. The molecule has 7 heteroatoms. The molecule has 1 N–H and O–H groups in total. The van der Waals surface area contributed by atoms with Gasteiger partial charge in [0, 0.05) is 24.1 Å². The predicted molar refractivity (Wildman–Crippen MR) is 94.0 cm³/mol. The van der Waals surface area contributed by atoms with Crippen molar-refractivity contribution >= 4 is 9.84 Å². The summed E-state index contributed by atoms with van der Waals surface area (Å²) in [5.74, 6) is 2.07. The van der Waals surface area contributed by atoms with Gasteiger partial charge >= 0.3 is 0 Å². The fraction of sp³-hybridized carbons (Fsp3) is 0.368. The molecular formula is C19H19NO5S. The highest BCUT2D eigenvalue weighted by atomic mass is 32.2. The van der Waals surface area contributed by atoms with Crippen molar-refractivity contribution in [3.63, 3.8) is 0 Å². The molecule has 0 aliphatic carbocycles. The smallest absolute Gasteiger partial charge is 0.206 e. The Morgan fingerprint density at radius 1 is 0.923 bits per heavy atom. The SMILES string of the molecule is O=S(=O)(c1ccc2c(c1)OCCO2)c1ccc2c(c1)OC1CNCCC21. The zero-order chi connectivity index (χ0) is 17.7. The van der Waals surface area contributed by atoms with Crippen LogP contribution in [0.2, 0.25) is 0 Å². The summed E-state index contributed by atoms with van der Waals surface area (Å²) in [6.45, 7) is 2.64. The molecule has 3 aliphatic heterocycles. The monoisotopic (exact) mass is 373 g/mol. The van der Waals surface area contributed by atoms with Gasteiger partial charge in [0.05, 0.1) is 9.79 Å². The van der Waals surface area contributed by atoms with Gasteiger partial charge in [-0.05, 0) is 37.2 Å². The third-order valence-electron chi connectivity index (χ3n) is 5.22. The molecule has 0 bridgehead atoms. The molecule has 6 nitrogen and oxygen atoms in total. The average molecular weight is 373 g/mol. The maximum Gasteiger partial charge on any atom is 0.206 e.